The molecule has 0 spiro atoms. The van der Waals surface area contributed by atoms with Gasteiger partial charge in [-0.25, -0.2) is 0 Å². The number of rotatable bonds is 16. The first kappa shape index (κ1) is 23.0. The first-order chi connectivity index (χ1) is 12.7. The van der Waals surface area contributed by atoms with E-state index < -0.39 is 0 Å². The molecule has 0 aliphatic heterocycles. The van der Waals surface area contributed by atoms with Gasteiger partial charge in [0, 0.05) is 6.07 Å². The number of aryl methyl sites for hydroxylation is 1. The Bertz CT molecular complexity index is 505. The highest BCUT2D eigenvalue weighted by Gasteiger charge is 2.14. The van der Waals surface area contributed by atoms with Gasteiger partial charge in [0.25, 0.3) is 5.69 Å². The van der Waals surface area contributed by atoms with E-state index in [1.54, 1.807) is 17.8 Å². The molecule has 3 nitrogen and oxygen atoms in total. The summed E-state index contributed by atoms with van der Waals surface area (Å²) in [4.78, 5) is 12.0. The lowest BCUT2D eigenvalue weighted by Gasteiger charge is -2.07. The van der Waals surface area contributed by atoms with Crippen molar-refractivity contribution in [2.24, 2.45) is 0 Å². The van der Waals surface area contributed by atoms with Crippen molar-refractivity contribution in [1.29, 1.82) is 0 Å². The molecule has 0 aromatic heterocycles. The molecule has 0 heterocycles. The van der Waals surface area contributed by atoms with Gasteiger partial charge in [0.2, 0.25) is 0 Å². The fourth-order valence-electron chi connectivity index (χ4n) is 3.16. The third-order valence-electron chi connectivity index (χ3n) is 4.79. The monoisotopic (exact) mass is 379 g/mol. The molecule has 0 aliphatic rings. The molecule has 1 aromatic carbocycles. The van der Waals surface area contributed by atoms with Crippen molar-refractivity contribution in [3.8, 4) is 0 Å². The van der Waals surface area contributed by atoms with Crippen LogP contribution in [-0.2, 0) is 6.42 Å². The summed E-state index contributed by atoms with van der Waals surface area (Å²) in [5, 5.41) is 11.4. The number of hydrogen-bond acceptors (Lipinski definition) is 3. The molecule has 148 valence electrons. The van der Waals surface area contributed by atoms with Crippen LogP contribution in [0, 0.1) is 10.1 Å². The average molecular weight is 380 g/mol. The van der Waals surface area contributed by atoms with E-state index in [1.165, 1.54) is 64.2 Å². The fraction of sp³-hybridized carbons (Fsp3) is 0.727. The van der Waals surface area contributed by atoms with E-state index in [1.807, 2.05) is 6.07 Å². The Morgan fingerprint density at radius 3 is 2.04 bits per heavy atom. The molecule has 1 rings (SSSR count). The first-order valence-corrected chi connectivity index (χ1v) is 11.6. The van der Waals surface area contributed by atoms with Gasteiger partial charge in [-0.3, -0.25) is 10.1 Å². The maximum Gasteiger partial charge on any atom is 0.283 e. The maximum atomic E-state index is 11.4. The number of unbranched alkanes of at least 4 members (excludes halogenated alkanes) is 10. The summed E-state index contributed by atoms with van der Waals surface area (Å²) in [6.07, 6.45) is 16.0. The SMILES string of the molecule is CCCCCCCCSc1ccc(CCCCCCCC)cc1[N+](=O)[O-]. The zero-order valence-electron chi connectivity index (χ0n) is 16.8. The number of thioether (sulfide) groups is 1. The Labute approximate surface area is 164 Å². The zero-order chi connectivity index (χ0) is 19.0. The van der Waals surface area contributed by atoms with Crippen LogP contribution in [0.15, 0.2) is 23.1 Å². The van der Waals surface area contributed by atoms with E-state index in [-0.39, 0.29) is 4.92 Å². The minimum atomic E-state index is -0.214. The minimum absolute atomic E-state index is 0.214. The van der Waals surface area contributed by atoms with Gasteiger partial charge in [-0.1, -0.05) is 84.1 Å². The number of nitrogens with zero attached hydrogens (tertiary/aromatic N) is 1. The molecule has 0 unspecified atom stereocenters. The molecule has 0 bridgehead atoms. The third-order valence-corrected chi connectivity index (χ3v) is 5.94. The third kappa shape index (κ3) is 10.2. The largest absolute Gasteiger partial charge is 0.283 e. The Balaban J connectivity index is 2.38. The van der Waals surface area contributed by atoms with Gasteiger partial charge in [0.1, 0.15) is 0 Å². The number of hydrogen-bond donors (Lipinski definition) is 0. The highest BCUT2D eigenvalue weighted by Crippen LogP contribution is 2.31. The molecule has 0 saturated heterocycles. The molecule has 0 amide bonds. The van der Waals surface area contributed by atoms with Gasteiger partial charge >= 0.3 is 0 Å². The van der Waals surface area contributed by atoms with Crippen molar-refractivity contribution in [2.45, 2.75) is 102 Å². The van der Waals surface area contributed by atoms with Crippen LogP contribution in [0.1, 0.15) is 96.5 Å². The highest BCUT2D eigenvalue weighted by molar-refractivity contribution is 7.99. The quantitative estimate of drug-likeness (QED) is 0.127. The van der Waals surface area contributed by atoms with E-state index in [0.29, 0.717) is 5.69 Å². The van der Waals surface area contributed by atoms with Crippen LogP contribution < -0.4 is 0 Å². The minimum Gasteiger partial charge on any atom is -0.258 e. The van der Waals surface area contributed by atoms with Crippen molar-refractivity contribution in [3.63, 3.8) is 0 Å². The molecular formula is C22H37NO2S. The summed E-state index contributed by atoms with van der Waals surface area (Å²) in [6.45, 7) is 4.45. The van der Waals surface area contributed by atoms with Gasteiger partial charge in [0.05, 0.1) is 9.82 Å². The van der Waals surface area contributed by atoms with Crippen LogP contribution >= 0.6 is 11.8 Å². The lowest BCUT2D eigenvalue weighted by atomic mass is 10.0. The van der Waals surface area contributed by atoms with E-state index >= 15 is 0 Å². The van der Waals surface area contributed by atoms with Crippen LogP contribution in [0.4, 0.5) is 5.69 Å². The molecular weight excluding hydrogens is 342 g/mol. The van der Waals surface area contributed by atoms with Gasteiger partial charge in [-0.15, -0.1) is 11.8 Å². The maximum absolute atomic E-state index is 11.4. The van der Waals surface area contributed by atoms with E-state index in [4.69, 9.17) is 0 Å². The van der Waals surface area contributed by atoms with Crippen molar-refractivity contribution < 1.29 is 4.92 Å². The van der Waals surface area contributed by atoms with E-state index in [9.17, 15) is 10.1 Å². The second-order valence-electron chi connectivity index (χ2n) is 7.19. The van der Waals surface area contributed by atoms with Crippen LogP contribution in [0.3, 0.4) is 0 Å². The molecule has 0 N–H and O–H groups in total. The van der Waals surface area contributed by atoms with Crippen LogP contribution in [0.2, 0.25) is 0 Å². The Hall–Kier alpha value is -1.03. The molecule has 0 fully saturated rings. The zero-order valence-corrected chi connectivity index (χ0v) is 17.6. The first-order valence-electron chi connectivity index (χ1n) is 10.6. The van der Waals surface area contributed by atoms with Crippen LogP contribution in [-0.4, -0.2) is 10.7 Å². The topological polar surface area (TPSA) is 43.1 Å². The Morgan fingerprint density at radius 1 is 0.846 bits per heavy atom. The fourth-order valence-corrected chi connectivity index (χ4v) is 4.17. The number of nitro benzene ring substituents is 1. The van der Waals surface area contributed by atoms with Gasteiger partial charge in [-0.05, 0) is 36.6 Å². The van der Waals surface area contributed by atoms with Crippen LogP contribution in [0.25, 0.3) is 0 Å². The Kier molecular flexibility index (Phi) is 13.3. The standard InChI is InChI=1S/C22H37NO2S/c1-3-5-7-9-11-13-15-20-16-17-22(21(19-20)23(24)25)26-18-14-12-10-8-6-4-2/h16-17,19H,3-15,18H2,1-2H3. The molecule has 0 aliphatic carbocycles. The van der Waals surface area contributed by atoms with Crippen molar-refractivity contribution in [1.82, 2.24) is 0 Å². The summed E-state index contributed by atoms with van der Waals surface area (Å²) in [7, 11) is 0. The van der Waals surface area contributed by atoms with Crippen LogP contribution in [0.5, 0.6) is 0 Å². The smallest absolute Gasteiger partial charge is 0.258 e. The Morgan fingerprint density at radius 2 is 1.42 bits per heavy atom. The average Bonchev–Trinajstić information content (AvgIpc) is 2.64. The lowest BCUT2D eigenvalue weighted by Crippen LogP contribution is -1.95. The summed E-state index contributed by atoms with van der Waals surface area (Å²) in [5.74, 6) is 0.976. The molecule has 26 heavy (non-hydrogen) atoms. The highest BCUT2D eigenvalue weighted by atomic mass is 32.2. The predicted octanol–water partition coefficient (Wildman–Crippen LogP) is 7.95. The molecule has 0 atom stereocenters. The normalized spacial score (nSPS) is 11.0. The molecule has 0 radical (unpaired) electrons. The van der Waals surface area contributed by atoms with Crippen molar-refractivity contribution in [2.75, 3.05) is 5.75 Å². The van der Waals surface area contributed by atoms with E-state index in [2.05, 4.69) is 19.9 Å². The number of benzene rings is 1. The van der Waals surface area contributed by atoms with Crippen molar-refractivity contribution in [3.05, 3.63) is 33.9 Å². The summed E-state index contributed by atoms with van der Waals surface area (Å²) in [5.41, 5.74) is 1.40. The van der Waals surface area contributed by atoms with Gasteiger partial charge in [-0.2, -0.15) is 0 Å². The number of nitro groups is 1. The van der Waals surface area contributed by atoms with Gasteiger partial charge < -0.3 is 0 Å². The second kappa shape index (κ2) is 15.1. The lowest BCUT2D eigenvalue weighted by molar-refractivity contribution is -0.387. The summed E-state index contributed by atoms with van der Waals surface area (Å²) in [6, 6.07) is 5.85. The van der Waals surface area contributed by atoms with E-state index in [0.717, 1.165) is 35.5 Å². The molecule has 4 heteroatoms. The summed E-state index contributed by atoms with van der Waals surface area (Å²) < 4.78 is 0. The predicted molar refractivity (Wildman–Crippen MR) is 114 cm³/mol. The molecule has 0 saturated carbocycles. The summed E-state index contributed by atoms with van der Waals surface area (Å²) >= 11 is 1.64. The van der Waals surface area contributed by atoms with Crippen molar-refractivity contribution >= 4 is 17.4 Å². The molecule has 1 aromatic rings. The second-order valence-corrected chi connectivity index (χ2v) is 8.33. The van der Waals surface area contributed by atoms with Gasteiger partial charge in [0.15, 0.2) is 0 Å².